The molecule has 3 N–H and O–H groups in total. The van der Waals surface area contributed by atoms with E-state index in [4.69, 9.17) is 21.1 Å². The van der Waals surface area contributed by atoms with Crippen molar-refractivity contribution in [3.63, 3.8) is 0 Å². The molecule has 1 aliphatic rings. The SMILES string of the molecule is CCC(Sc1cccc(NC(=O)C2CC=CCC2C(=O)O)c1)C(=O)Nc1cc(Cl)c(OC)cc1OC. The molecule has 2 aromatic carbocycles. The Labute approximate surface area is 219 Å². The molecule has 1 aliphatic carbocycles. The number of nitrogens with one attached hydrogen (secondary N) is 2. The van der Waals surface area contributed by atoms with E-state index in [9.17, 15) is 19.5 Å². The molecule has 2 aromatic rings. The number of thioether (sulfide) groups is 1. The molecule has 36 heavy (non-hydrogen) atoms. The molecule has 3 unspecified atom stereocenters. The number of hydrogen-bond donors (Lipinski definition) is 3. The highest BCUT2D eigenvalue weighted by Crippen LogP contribution is 2.37. The summed E-state index contributed by atoms with van der Waals surface area (Å²) in [6.45, 7) is 1.91. The minimum atomic E-state index is -0.976. The number of carboxylic acids is 1. The van der Waals surface area contributed by atoms with Crippen molar-refractivity contribution in [3.8, 4) is 11.5 Å². The highest BCUT2D eigenvalue weighted by Gasteiger charge is 2.34. The first kappa shape index (κ1) is 27.4. The normalized spacial score (nSPS) is 17.7. The van der Waals surface area contributed by atoms with Crippen LogP contribution in [0.3, 0.4) is 0 Å². The number of carbonyl (C=O) groups is 3. The number of amides is 2. The first-order valence-corrected chi connectivity index (χ1v) is 12.7. The molecule has 10 heteroatoms. The van der Waals surface area contributed by atoms with E-state index in [1.807, 2.05) is 19.1 Å². The highest BCUT2D eigenvalue weighted by molar-refractivity contribution is 8.00. The number of carboxylic acid groups (broad SMARTS) is 1. The minimum absolute atomic E-state index is 0.227. The predicted octanol–water partition coefficient (Wildman–Crippen LogP) is 5.47. The Morgan fingerprint density at radius 1 is 1.06 bits per heavy atom. The van der Waals surface area contributed by atoms with Crippen molar-refractivity contribution in [1.82, 2.24) is 0 Å². The van der Waals surface area contributed by atoms with Gasteiger partial charge in [-0.15, -0.1) is 11.8 Å². The lowest BCUT2D eigenvalue weighted by Crippen LogP contribution is -2.34. The van der Waals surface area contributed by atoms with Crippen molar-refractivity contribution in [2.45, 2.75) is 36.3 Å². The smallest absolute Gasteiger partial charge is 0.307 e. The number of methoxy groups -OCH3 is 2. The van der Waals surface area contributed by atoms with Crippen molar-refractivity contribution in [2.24, 2.45) is 11.8 Å². The standard InChI is InChI=1S/C26H29ClN2O6S/c1-4-23(25(31)29-20-13-19(27)21(34-2)14-22(20)35-3)36-16-9-7-8-15(12-16)28-24(30)17-10-5-6-11-18(17)26(32)33/h5-9,12-14,17-18,23H,4,10-11H2,1-3H3,(H,28,30)(H,29,31)(H,32,33). The van der Waals surface area contributed by atoms with Crippen LogP contribution in [0.15, 0.2) is 53.4 Å². The van der Waals surface area contributed by atoms with Crippen LogP contribution in [0.4, 0.5) is 11.4 Å². The Kier molecular flexibility index (Phi) is 9.66. The van der Waals surface area contributed by atoms with Gasteiger partial charge in [0.25, 0.3) is 0 Å². The average molecular weight is 533 g/mol. The van der Waals surface area contributed by atoms with Crippen LogP contribution in [-0.4, -0.2) is 42.4 Å². The molecule has 0 bridgehead atoms. The van der Waals surface area contributed by atoms with Crippen LogP contribution in [-0.2, 0) is 14.4 Å². The zero-order valence-electron chi connectivity index (χ0n) is 20.2. The molecular weight excluding hydrogens is 504 g/mol. The van der Waals surface area contributed by atoms with E-state index in [1.54, 1.807) is 36.4 Å². The summed E-state index contributed by atoms with van der Waals surface area (Å²) in [5.41, 5.74) is 0.977. The van der Waals surface area contributed by atoms with Gasteiger partial charge in [-0.25, -0.2) is 0 Å². The average Bonchev–Trinajstić information content (AvgIpc) is 2.87. The Bertz CT molecular complexity index is 1160. The summed E-state index contributed by atoms with van der Waals surface area (Å²) >= 11 is 7.58. The maximum Gasteiger partial charge on any atom is 0.307 e. The Morgan fingerprint density at radius 3 is 2.39 bits per heavy atom. The monoisotopic (exact) mass is 532 g/mol. The van der Waals surface area contributed by atoms with Crippen LogP contribution < -0.4 is 20.1 Å². The third-order valence-electron chi connectivity index (χ3n) is 5.86. The fourth-order valence-electron chi connectivity index (χ4n) is 3.92. The summed E-state index contributed by atoms with van der Waals surface area (Å²) in [6, 6.07) is 10.3. The van der Waals surface area contributed by atoms with E-state index in [0.29, 0.717) is 47.2 Å². The Hall–Kier alpha value is -3.17. The number of carbonyl (C=O) groups excluding carboxylic acids is 2. The molecule has 8 nitrogen and oxygen atoms in total. The highest BCUT2D eigenvalue weighted by atomic mass is 35.5. The third-order valence-corrected chi connectivity index (χ3v) is 7.51. The zero-order valence-corrected chi connectivity index (χ0v) is 21.8. The second-order valence-corrected chi connectivity index (χ2v) is 9.89. The molecule has 2 amide bonds. The molecule has 0 saturated carbocycles. The first-order chi connectivity index (χ1) is 17.3. The van der Waals surface area contributed by atoms with E-state index >= 15 is 0 Å². The lowest BCUT2D eigenvalue weighted by atomic mass is 9.82. The van der Waals surface area contributed by atoms with Gasteiger partial charge in [-0.05, 0) is 43.5 Å². The van der Waals surface area contributed by atoms with Crippen LogP contribution in [0.1, 0.15) is 26.2 Å². The van der Waals surface area contributed by atoms with E-state index in [2.05, 4.69) is 10.6 Å². The van der Waals surface area contributed by atoms with Crippen molar-refractivity contribution in [2.75, 3.05) is 24.9 Å². The lowest BCUT2D eigenvalue weighted by molar-refractivity contribution is -0.146. The maximum absolute atomic E-state index is 13.1. The molecule has 0 heterocycles. The largest absolute Gasteiger partial charge is 0.495 e. The molecule has 3 atom stereocenters. The van der Waals surface area contributed by atoms with E-state index in [0.717, 1.165) is 4.90 Å². The van der Waals surface area contributed by atoms with Crippen molar-refractivity contribution >= 4 is 52.5 Å². The quantitative estimate of drug-likeness (QED) is 0.274. The van der Waals surface area contributed by atoms with Crippen LogP contribution >= 0.6 is 23.4 Å². The zero-order chi connectivity index (χ0) is 26.2. The van der Waals surface area contributed by atoms with Crippen LogP contribution in [0.2, 0.25) is 5.02 Å². The van der Waals surface area contributed by atoms with Gasteiger partial charge in [-0.3, -0.25) is 14.4 Å². The van der Waals surface area contributed by atoms with Gasteiger partial charge in [0.2, 0.25) is 11.8 Å². The topological polar surface area (TPSA) is 114 Å². The van der Waals surface area contributed by atoms with Gasteiger partial charge in [0, 0.05) is 16.6 Å². The summed E-state index contributed by atoms with van der Waals surface area (Å²) in [7, 11) is 2.99. The number of halogens is 1. The number of ether oxygens (including phenoxy) is 2. The molecule has 3 rings (SSSR count). The molecule has 0 aromatic heterocycles. The number of allylic oxidation sites excluding steroid dienone is 2. The van der Waals surface area contributed by atoms with Crippen molar-refractivity contribution in [1.29, 1.82) is 0 Å². The molecular formula is C26H29ClN2O6S. The van der Waals surface area contributed by atoms with Gasteiger partial charge in [0.15, 0.2) is 0 Å². The van der Waals surface area contributed by atoms with Gasteiger partial charge in [-0.1, -0.05) is 36.7 Å². The van der Waals surface area contributed by atoms with Crippen molar-refractivity contribution in [3.05, 3.63) is 53.6 Å². The summed E-state index contributed by atoms with van der Waals surface area (Å²) in [5.74, 6) is -2.06. The Morgan fingerprint density at radius 2 is 1.75 bits per heavy atom. The number of rotatable bonds is 10. The fraction of sp³-hybridized carbons (Fsp3) is 0.346. The second-order valence-electron chi connectivity index (χ2n) is 8.20. The molecule has 0 fully saturated rings. The molecule has 0 aliphatic heterocycles. The van der Waals surface area contributed by atoms with Gasteiger partial charge in [0.1, 0.15) is 11.5 Å². The third kappa shape index (κ3) is 6.73. The number of aliphatic carboxylic acids is 1. The van der Waals surface area contributed by atoms with E-state index in [-0.39, 0.29) is 11.8 Å². The minimum Gasteiger partial charge on any atom is -0.495 e. The molecule has 0 radical (unpaired) electrons. The van der Waals surface area contributed by atoms with Crippen LogP contribution in [0, 0.1) is 11.8 Å². The predicted molar refractivity (Wildman–Crippen MR) is 141 cm³/mol. The lowest BCUT2D eigenvalue weighted by Gasteiger charge is -2.24. The summed E-state index contributed by atoms with van der Waals surface area (Å²) in [6.07, 6.45) is 4.90. The van der Waals surface area contributed by atoms with E-state index < -0.39 is 23.1 Å². The van der Waals surface area contributed by atoms with Gasteiger partial charge in [-0.2, -0.15) is 0 Å². The maximum atomic E-state index is 13.1. The number of hydrogen-bond acceptors (Lipinski definition) is 6. The van der Waals surface area contributed by atoms with Crippen LogP contribution in [0.5, 0.6) is 11.5 Å². The molecule has 192 valence electrons. The van der Waals surface area contributed by atoms with Gasteiger partial charge >= 0.3 is 5.97 Å². The first-order valence-electron chi connectivity index (χ1n) is 11.4. The number of anilines is 2. The Balaban J connectivity index is 1.69. The number of benzene rings is 2. The fourth-order valence-corrected chi connectivity index (χ4v) is 5.17. The van der Waals surface area contributed by atoms with Crippen molar-refractivity contribution < 1.29 is 29.0 Å². The molecule has 0 spiro atoms. The summed E-state index contributed by atoms with van der Waals surface area (Å²) < 4.78 is 10.6. The van der Waals surface area contributed by atoms with Gasteiger partial charge in [0.05, 0.1) is 42.0 Å². The van der Waals surface area contributed by atoms with Gasteiger partial charge < -0.3 is 25.2 Å². The van der Waals surface area contributed by atoms with Crippen LogP contribution in [0.25, 0.3) is 0 Å². The summed E-state index contributed by atoms with van der Waals surface area (Å²) in [4.78, 5) is 38.2. The molecule has 0 saturated heterocycles. The second kappa shape index (κ2) is 12.7. The summed E-state index contributed by atoms with van der Waals surface area (Å²) in [5, 5.41) is 15.1. The van der Waals surface area contributed by atoms with E-state index in [1.165, 1.54) is 26.0 Å².